The van der Waals surface area contributed by atoms with E-state index in [0.717, 1.165) is 10.0 Å². The SMILES string of the molecule is CCOc1n[nH]c(NC(=O)/C=C/c2cccc(Br)c2)n1. The van der Waals surface area contributed by atoms with Crippen LogP contribution in [0.25, 0.3) is 6.08 Å². The van der Waals surface area contributed by atoms with Crippen LogP contribution in [0.15, 0.2) is 34.8 Å². The van der Waals surface area contributed by atoms with E-state index in [1.807, 2.05) is 31.2 Å². The number of amides is 1. The second kappa shape index (κ2) is 6.85. The Hall–Kier alpha value is -2.15. The molecule has 2 rings (SSSR count). The lowest BCUT2D eigenvalue weighted by molar-refractivity contribution is -0.111. The number of rotatable bonds is 5. The Morgan fingerprint density at radius 3 is 3.15 bits per heavy atom. The number of hydrogen-bond donors (Lipinski definition) is 2. The Bertz CT molecular complexity index is 624. The number of carbonyl (C=O) groups excluding carboxylic acids is 1. The first-order valence-corrected chi connectivity index (χ1v) is 6.76. The molecule has 1 heterocycles. The topological polar surface area (TPSA) is 79.9 Å². The van der Waals surface area contributed by atoms with Gasteiger partial charge in [-0.25, -0.2) is 5.10 Å². The molecule has 0 radical (unpaired) electrons. The number of aromatic amines is 1. The maximum absolute atomic E-state index is 11.7. The highest BCUT2D eigenvalue weighted by Crippen LogP contribution is 2.12. The molecule has 2 aromatic rings. The van der Waals surface area contributed by atoms with E-state index in [0.29, 0.717) is 6.61 Å². The predicted molar refractivity (Wildman–Crippen MR) is 79.4 cm³/mol. The van der Waals surface area contributed by atoms with Crippen LogP contribution in [-0.2, 0) is 4.79 Å². The number of hydrogen-bond acceptors (Lipinski definition) is 4. The molecule has 1 amide bonds. The molecule has 0 spiro atoms. The van der Waals surface area contributed by atoms with Crippen molar-refractivity contribution in [1.29, 1.82) is 0 Å². The van der Waals surface area contributed by atoms with Crippen LogP contribution < -0.4 is 10.1 Å². The number of ether oxygens (including phenoxy) is 1. The average Bonchev–Trinajstić information content (AvgIpc) is 2.84. The molecular weight excluding hydrogens is 324 g/mol. The van der Waals surface area contributed by atoms with E-state index < -0.39 is 0 Å². The van der Waals surface area contributed by atoms with Gasteiger partial charge in [-0.3, -0.25) is 10.1 Å². The molecule has 2 N–H and O–H groups in total. The van der Waals surface area contributed by atoms with Crippen LogP contribution in [0.4, 0.5) is 5.95 Å². The molecule has 0 bridgehead atoms. The van der Waals surface area contributed by atoms with Gasteiger partial charge in [0.05, 0.1) is 6.61 Å². The molecule has 0 unspecified atom stereocenters. The van der Waals surface area contributed by atoms with Gasteiger partial charge < -0.3 is 4.74 Å². The summed E-state index contributed by atoms with van der Waals surface area (Å²) < 4.78 is 6.04. The molecule has 104 valence electrons. The summed E-state index contributed by atoms with van der Waals surface area (Å²) in [6.07, 6.45) is 3.13. The zero-order valence-electron chi connectivity index (χ0n) is 10.8. The maximum atomic E-state index is 11.7. The highest BCUT2D eigenvalue weighted by Gasteiger charge is 2.05. The van der Waals surface area contributed by atoms with E-state index in [1.165, 1.54) is 6.08 Å². The fourth-order valence-electron chi connectivity index (χ4n) is 1.44. The Morgan fingerprint density at radius 2 is 2.40 bits per heavy atom. The van der Waals surface area contributed by atoms with Crippen molar-refractivity contribution in [2.24, 2.45) is 0 Å². The molecule has 1 aromatic heterocycles. The van der Waals surface area contributed by atoms with E-state index in [1.54, 1.807) is 6.08 Å². The summed E-state index contributed by atoms with van der Waals surface area (Å²) in [5.41, 5.74) is 0.919. The average molecular weight is 337 g/mol. The van der Waals surface area contributed by atoms with Crippen LogP contribution in [0.3, 0.4) is 0 Å². The van der Waals surface area contributed by atoms with Crippen LogP contribution >= 0.6 is 15.9 Å². The number of H-pyrrole nitrogens is 1. The summed E-state index contributed by atoms with van der Waals surface area (Å²) in [6.45, 7) is 2.30. The maximum Gasteiger partial charge on any atom is 0.337 e. The van der Waals surface area contributed by atoms with E-state index >= 15 is 0 Å². The molecule has 0 saturated heterocycles. The van der Waals surface area contributed by atoms with Crippen molar-refractivity contribution in [3.8, 4) is 6.01 Å². The van der Waals surface area contributed by atoms with Crippen LogP contribution in [0.5, 0.6) is 6.01 Å². The number of benzene rings is 1. The summed E-state index contributed by atoms with van der Waals surface area (Å²) in [6, 6.07) is 7.83. The Kier molecular flexibility index (Phi) is 4.89. The zero-order chi connectivity index (χ0) is 14.4. The first-order chi connectivity index (χ1) is 9.67. The summed E-state index contributed by atoms with van der Waals surface area (Å²) in [4.78, 5) is 15.6. The number of nitrogens with one attached hydrogen (secondary N) is 2. The summed E-state index contributed by atoms with van der Waals surface area (Å²) in [7, 11) is 0. The van der Waals surface area contributed by atoms with Crippen LogP contribution in [0.1, 0.15) is 12.5 Å². The number of nitrogens with zero attached hydrogens (tertiary/aromatic N) is 2. The van der Waals surface area contributed by atoms with Crippen molar-refractivity contribution in [3.63, 3.8) is 0 Å². The molecule has 0 aliphatic carbocycles. The molecule has 0 fully saturated rings. The van der Waals surface area contributed by atoms with Crippen molar-refractivity contribution < 1.29 is 9.53 Å². The van der Waals surface area contributed by atoms with Crippen molar-refractivity contribution in [1.82, 2.24) is 15.2 Å². The van der Waals surface area contributed by atoms with Gasteiger partial charge in [0.25, 0.3) is 5.91 Å². The number of carbonyl (C=O) groups is 1. The minimum atomic E-state index is -0.302. The lowest BCUT2D eigenvalue weighted by Crippen LogP contribution is -2.09. The summed E-state index contributed by atoms with van der Waals surface area (Å²) in [5.74, 6) is -0.0542. The fraction of sp³-hybridized carbons (Fsp3) is 0.154. The Morgan fingerprint density at radius 1 is 1.55 bits per heavy atom. The molecule has 0 aliphatic heterocycles. The third-order valence-electron chi connectivity index (χ3n) is 2.26. The van der Waals surface area contributed by atoms with Crippen LogP contribution in [-0.4, -0.2) is 27.7 Å². The minimum Gasteiger partial charge on any atom is -0.463 e. The molecular formula is C13H13BrN4O2. The van der Waals surface area contributed by atoms with Gasteiger partial charge in [0.2, 0.25) is 5.95 Å². The molecule has 6 nitrogen and oxygen atoms in total. The van der Waals surface area contributed by atoms with Gasteiger partial charge in [-0.2, -0.15) is 4.98 Å². The molecule has 0 saturated carbocycles. The fourth-order valence-corrected chi connectivity index (χ4v) is 1.85. The highest BCUT2D eigenvalue weighted by atomic mass is 79.9. The summed E-state index contributed by atoms with van der Waals surface area (Å²) >= 11 is 3.37. The van der Waals surface area contributed by atoms with Crippen molar-refractivity contribution in [3.05, 3.63) is 40.4 Å². The minimum absolute atomic E-state index is 0.207. The normalized spacial score (nSPS) is 10.7. The number of halogens is 1. The van der Waals surface area contributed by atoms with Gasteiger partial charge in [-0.1, -0.05) is 28.1 Å². The van der Waals surface area contributed by atoms with Gasteiger partial charge in [-0.15, -0.1) is 5.10 Å². The largest absolute Gasteiger partial charge is 0.463 e. The smallest absolute Gasteiger partial charge is 0.337 e. The monoisotopic (exact) mass is 336 g/mol. The Labute approximate surface area is 124 Å². The van der Waals surface area contributed by atoms with E-state index in [9.17, 15) is 4.79 Å². The lowest BCUT2D eigenvalue weighted by Gasteiger charge is -1.96. The molecule has 7 heteroatoms. The number of anilines is 1. The van der Waals surface area contributed by atoms with Crippen molar-refractivity contribution >= 4 is 33.9 Å². The molecule has 0 aliphatic rings. The molecule has 20 heavy (non-hydrogen) atoms. The third kappa shape index (κ3) is 4.20. The third-order valence-corrected chi connectivity index (χ3v) is 2.75. The standard InChI is InChI=1S/C13H13BrN4O2/c1-2-20-13-16-12(17-18-13)15-11(19)7-6-9-4-3-5-10(14)8-9/h3-8H,2H2,1H3,(H2,15,16,17,18,19)/b7-6+. The van der Waals surface area contributed by atoms with Crippen molar-refractivity contribution in [2.75, 3.05) is 11.9 Å². The van der Waals surface area contributed by atoms with Gasteiger partial charge in [0.15, 0.2) is 0 Å². The van der Waals surface area contributed by atoms with Gasteiger partial charge in [-0.05, 0) is 30.7 Å². The second-order valence-electron chi connectivity index (χ2n) is 3.78. The van der Waals surface area contributed by atoms with E-state index in [2.05, 4.69) is 36.4 Å². The molecule has 1 aromatic carbocycles. The zero-order valence-corrected chi connectivity index (χ0v) is 12.3. The Balaban J connectivity index is 1.94. The van der Waals surface area contributed by atoms with Gasteiger partial charge >= 0.3 is 6.01 Å². The quantitative estimate of drug-likeness (QED) is 0.822. The van der Waals surface area contributed by atoms with E-state index in [-0.39, 0.29) is 17.9 Å². The number of aromatic nitrogens is 3. The molecule has 0 atom stereocenters. The van der Waals surface area contributed by atoms with Crippen molar-refractivity contribution in [2.45, 2.75) is 6.92 Å². The first kappa shape index (κ1) is 14.3. The van der Waals surface area contributed by atoms with Gasteiger partial charge in [0, 0.05) is 10.5 Å². The van der Waals surface area contributed by atoms with Crippen LogP contribution in [0, 0.1) is 0 Å². The van der Waals surface area contributed by atoms with E-state index in [4.69, 9.17) is 4.74 Å². The lowest BCUT2D eigenvalue weighted by atomic mass is 10.2. The second-order valence-corrected chi connectivity index (χ2v) is 4.69. The van der Waals surface area contributed by atoms with Crippen LogP contribution in [0.2, 0.25) is 0 Å². The predicted octanol–water partition coefficient (Wildman–Crippen LogP) is 2.62. The summed E-state index contributed by atoms with van der Waals surface area (Å²) in [5, 5.41) is 8.91. The van der Waals surface area contributed by atoms with Gasteiger partial charge in [0.1, 0.15) is 0 Å². The first-order valence-electron chi connectivity index (χ1n) is 5.97. The highest BCUT2D eigenvalue weighted by molar-refractivity contribution is 9.10.